The third-order valence-corrected chi connectivity index (χ3v) is 9.91. The van der Waals surface area contributed by atoms with Crippen molar-refractivity contribution in [3.63, 3.8) is 0 Å². The Morgan fingerprint density at radius 1 is 0.333 bits per heavy atom. The van der Waals surface area contributed by atoms with Gasteiger partial charge in [0.05, 0.1) is 0 Å². The Bertz CT molecular complexity index is 2710. The van der Waals surface area contributed by atoms with Gasteiger partial charge in [-0.1, -0.05) is 133 Å². The van der Waals surface area contributed by atoms with E-state index in [0.717, 1.165) is 83.9 Å². The molecule has 3 heteroatoms. The lowest BCUT2D eigenvalue weighted by atomic mass is 9.93. The molecule has 0 radical (unpaired) electrons. The Hall–Kier alpha value is -6.84. The fourth-order valence-electron chi connectivity index (χ4n) is 7.45. The van der Waals surface area contributed by atoms with Crippen molar-refractivity contribution in [2.24, 2.45) is 0 Å². The number of fused-ring (bicyclic) bond motifs is 8. The van der Waals surface area contributed by atoms with Gasteiger partial charge in [0, 0.05) is 44.5 Å². The maximum absolute atomic E-state index is 6.49. The summed E-state index contributed by atoms with van der Waals surface area (Å²) in [5.74, 6) is 1.71. The molecule has 1 aliphatic rings. The Morgan fingerprint density at radius 3 is 1.63 bits per heavy atom. The number of rotatable bonds is 5. The lowest BCUT2D eigenvalue weighted by Crippen LogP contribution is -2.10. The van der Waals surface area contributed by atoms with E-state index in [1.165, 1.54) is 11.1 Å². The van der Waals surface area contributed by atoms with E-state index in [1.807, 2.05) is 30.3 Å². The first kappa shape index (κ1) is 29.1. The standard InChI is InChI=1S/C48H31NO2/c1-2-11-32(12-3-1)33-21-25-35(26-22-33)49(36-27-23-34(24-28-36)38-16-10-17-43-41-14-5-9-20-47(41)51-48(38)43)37-29-30-39-40-13-4-7-18-45(40)50-46-19-8-6-15-42(46)44(39)31-37/h1-31H. The molecule has 0 atom stereocenters. The Kier molecular flexibility index (Phi) is 6.81. The Morgan fingerprint density at radius 2 is 0.882 bits per heavy atom. The highest BCUT2D eigenvalue weighted by Gasteiger charge is 2.23. The summed E-state index contributed by atoms with van der Waals surface area (Å²) in [5, 5.41) is 2.26. The van der Waals surface area contributed by atoms with E-state index < -0.39 is 0 Å². The molecule has 2 heterocycles. The molecule has 240 valence electrons. The second-order valence-corrected chi connectivity index (χ2v) is 12.9. The minimum Gasteiger partial charge on any atom is -0.456 e. The van der Waals surface area contributed by atoms with Crippen molar-refractivity contribution in [3.8, 4) is 56.0 Å². The summed E-state index contributed by atoms with van der Waals surface area (Å²) in [6, 6.07) is 66.2. The van der Waals surface area contributed by atoms with E-state index in [1.54, 1.807) is 0 Å². The van der Waals surface area contributed by atoms with Crippen molar-refractivity contribution in [1.29, 1.82) is 0 Å². The molecule has 1 aromatic heterocycles. The number of benzene rings is 8. The zero-order chi connectivity index (χ0) is 33.7. The maximum Gasteiger partial charge on any atom is 0.143 e. The lowest BCUT2D eigenvalue weighted by molar-refractivity contribution is 0.488. The number of hydrogen-bond donors (Lipinski definition) is 0. The molecule has 0 fully saturated rings. The number of nitrogens with zero attached hydrogens (tertiary/aromatic N) is 1. The normalized spacial score (nSPS) is 11.7. The van der Waals surface area contributed by atoms with Crippen LogP contribution in [-0.2, 0) is 0 Å². The minimum absolute atomic E-state index is 0.851. The van der Waals surface area contributed by atoms with Crippen LogP contribution in [0.5, 0.6) is 11.5 Å². The summed E-state index contributed by atoms with van der Waals surface area (Å²) in [6.45, 7) is 0. The van der Waals surface area contributed by atoms with Gasteiger partial charge < -0.3 is 14.1 Å². The first-order valence-corrected chi connectivity index (χ1v) is 17.3. The fraction of sp³-hybridized carbons (Fsp3) is 0. The molecule has 0 bridgehead atoms. The van der Waals surface area contributed by atoms with Crippen LogP contribution in [0.25, 0.3) is 66.4 Å². The molecule has 0 unspecified atom stereocenters. The zero-order valence-corrected chi connectivity index (χ0v) is 27.7. The SMILES string of the molecule is c1ccc(-c2ccc(N(c3ccc(-c4cccc5c4oc4ccccc45)cc3)c3ccc4c(c3)-c3ccccc3Oc3ccccc3-4)cc2)cc1. The molecule has 10 rings (SSSR count). The van der Waals surface area contributed by atoms with Gasteiger partial charge in [0.25, 0.3) is 0 Å². The van der Waals surface area contributed by atoms with E-state index >= 15 is 0 Å². The van der Waals surface area contributed by atoms with Gasteiger partial charge in [-0.15, -0.1) is 0 Å². The van der Waals surface area contributed by atoms with E-state index in [-0.39, 0.29) is 0 Å². The van der Waals surface area contributed by atoms with Crippen LogP contribution in [0.3, 0.4) is 0 Å². The van der Waals surface area contributed by atoms with Crippen molar-refractivity contribution in [2.45, 2.75) is 0 Å². The fourth-order valence-corrected chi connectivity index (χ4v) is 7.45. The highest BCUT2D eigenvalue weighted by molar-refractivity contribution is 6.09. The molecule has 0 saturated heterocycles. The van der Waals surface area contributed by atoms with E-state index in [2.05, 4.69) is 163 Å². The second kappa shape index (κ2) is 11.9. The Balaban J connectivity index is 1.12. The third-order valence-electron chi connectivity index (χ3n) is 9.91. The zero-order valence-electron chi connectivity index (χ0n) is 27.7. The van der Waals surface area contributed by atoms with Gasteiger partial charge in [-0.25, -0.2) is 0 Å². The molecule has 3 nitrogen and oxygen atoms in total. The Labute approximate surface area is 296 Å². The van der Waals surface area contributed by atoms with Gasteiger partial charge in [0.1, 0.15) is 22.7 Å². The molecule has 9 aromatic rings. The van der Waals surface area contributed by atoms with Crippen molar-refractivity contribution in [3.05, 3.63) is 188 Å². The van der Waals surface area contributed by atoms with Gasteiger partial charge >= 0.3 is 0 Å². The van der Waals surface area contributed by atoms with Gasteiger partial charge in [-0.05, 0) is 82.4 Å². The molecular weight excluding hydrogens is 623 g/mol. The predicted octanol–water partition coefficient (Wildman–Crippen LogP) is 13.8. The van der Waals surface area contributed by atoms with Crippen molar-refractivity contribution >= 4 is 39.0 Å². The summed E-state index contributed by atoms with van der Waals surface area (Å²) in [7, 11) is 0. The monoisotopic (exact) mass is 653 g/mol. The highest BCUT2D eigenvalue weighted by atomic mass is 16.5. The number of furan rings is 1. The maximum atomic E-state index is 6.49. The van der Waals surface area contributed by atoms with Crippen LogP contribution in [0, 0.1) is 0 Å². The predicted molar refractivity (Wildman–Crippen MR) is 210 cm³/mol. The molecule has 0 spiro atoms. The van der Waals surface area contributed by atoms with Gasteiger partial charge in [-0.2, -0.15) is 0 Å². The third kappa shape index (κ3) is 4.98. The average molecular weight is 654 g/mol. The van der Waals surface area contributed by atoms with Crippen LogP contribution in [-0.4, -0.2) is 0 Å². The summed E-state index contributed by atoms with van der Waals surface area (Å²) < 4.78 is 12.9. The number of anilines is 3. The number of ether oxygens (including phenoxy) is 1. The molecule has 8 aromatic carbocycles. The summed E-state index contributed by atoms with van der Waals surface area (Å²) in [6.07, 6.45) is 0. The summed E-state index contributed by atoms with van der Waals surface area (Å²) >= 11 is 0. The molecule has 0 N–H and O–H groups in total. The van der Waals surface area contributed by atoms with Crippen LogP contribution in [0.15, 0.2) is 192 Å². The van der Waals surface area contributed by atoms with E-state index in [9.17, 15) is 0 Å². The first-order valence-electron chi connectivity index (χ1n) is 17.3. The van der Waals surface area contributed by atoms with Gasteiger partial charge in [0.15, 0.2) is 0 Å². The van der Waals surface area contributed by atoms with Crippen LogP contribution >= 0.6 is 0 Å². The lowest BCUT2D eigenvalue weighted by Gasteiger charge is -2.27. The van der Waals surface area contributed by atoms with Crippen molar-refractivity contribution < 1.29 is 9.15 Å². The number of hydrogen-bond acceptors (Lipinski definition) is 3. The summed E-state index contributed by atoms with van der Waals surface area (Å²) in [5.41, 5.74) is 14.0. The number of para-hydroxylation sites is 4. The minimum atomic E-state index is 0.851. The molecule has 51 heavy (non-hydrogen) atoms. The quantitative estimate of drug-likeness (QED) is 0.185. The van der Waals surface area contributed by atoms with Crippen LogP contribution in [0.1, 0.15) is 0 Å². The molecule has 0 amide bonds. The molecule has 0 saturated carbocycles. The molecule has 0 aliphatic carbocycles. The van der Waals surface area contributed by atoms with Gasteiger partial charge in [0.2, 0.25) is 0 Å². The van der Waals surface area contributed by atoms with Crippen molar-refractivity contribution in [2.75, 3.05) is 4.90 Å². The summed E-state index contributed by atoms with van der Waals surface area (Å²) in [4.78, 5) is 2.33. The van der Waals surface area contributed by atoms with E-state index in [4.69, 9.17) is 9.15 Å². The van der Waals surface area contributed by atoms with Gasteiger partial charge in [-0.3, -0.25) is 0 Å². The largest absolute Gasteiger partial charge is 0.456 e. The molecule has 1 aliphatic heterocycles. The molecular formula is C48H31NO2. The smallest absolute Gasteiger partial charge is 0.143 e. The second-order valence-electron chi connectivity index (χ2n) is 12.9. The van der Waals surface area contributed by atoms with Crippen molar-refractivity contribution in [1.82, 2.24) is 0 Å². The van der Waals surface area contributed by atoms with E-state index in [0.29, 0.717) is 0 Å². The van der Waals surface area contributed by atoms with Crippen LogP contribution in [0.2, 0.25) is 0 Å². The topological polar surface area (TPSA) is 25.6 Å². The van der Waals surface area contributed by atoms with Crippen LogP contribution < -0.4 is 9.64 Å². The van der Waals surface area contributed by atoms with Crippen LogP contribution in [0.4, 0.5) is 17.1 Å². The first-order chi connectivity index (χ1) is 25.3. The highest BCUT2D eigenvalue weighted by Crippen LogP contribution is 2.49. The average Bonchev–Trinajstić information content (AvgIpc) is 3.52.